The first-order valence-electron chi connectivity index (χ1n) is 8.54. The van der Waals surface area contributed by atoms with E-state index in [2.05, 4.69) is 57.6 Å². The molecule has 0 saturated carbocycles. The molecule has 0 aromatic rings. The molecule has 0 unspecified atom stereocenters. The van der Waals surface area contributed by atoms with Crippen molar-refractivity contribution in [2.24, 2.45) is 4.99 Å². The van der Waals surface area contributed by atoms with Crippen LogP contribution >= 0.6 is 0 Å². The van der Waals surface area contributed by atoms with Crippen LogP contribution in [0.2, 0.25) is 0 Å². The van der Waals surface area contributed by atoms with Gasteiger partial charge in [-0.2, -0.15) is 4.99 Å². The Kier molecular flexibility index (Phi) is 43.7. The zero-order chi connectivity index (χ0) is 16.8. The van der Waals surface area contributed by atoms with Crippen molar-refractivity contribution in [1.29, 1.82) is 0 Å². The van der Waals surface area contributed by atoms with Crippen molar-refractivity contribution in [3.8, 4) is 0 Å². The summed E-state index contributed by atoms with van der Waals surface area (Å²) >= 11 is 0. The maximum absolute atomic E-state index is 5.02. The van der Waals surface area contributed by atoms with Gasteiger partial charge in [0.15, 0.2) is 0 Å². The molecular weight excluding hydrogens is 379 g/mol. The summed E-state index contributed by atoms with van der Waals surface area (Å²) < 4.78 is 5.02. The van der Waals surface area contributed by atoms with Gasteiger partial charge in [0.2, 0.25) is 0 Å². The zero-order valence-corrected chi connectivity index (χ0v) is 18.8. The molecule has 1 aliphatic rings. The molecule has 0 bridgehead atoms. The molecule has 1 N–H and O–H groups in total. The first kappa shape index (κ1) is 29.6. The van der Waals surface area contributed by atoms with Crippen LogP contribution < -0.4 is 5.32 Å². The molecule has 0 aromatic carbocycles. The van der Waals surface area contributed by atoms with Crippen LogP contribution in [-0.4, -0.2) is 36.5 Å². The summed E-state index contributed by atoms with van der Waals surface area (Å²) in [5.74, 6) is 0. The van der Waals surface area contributed by atoms with Crippen molar-refractivity contribution in [2.45, 2.75) is 87.0 Å². The van der Waals surface area contributed by atoms with Crippen LogP contribution in [0, 0.1) is 0 Å². The van der Waals surface area contributed by atoms with Gasteiger partial charge in [-0.15, -0.1) is 0 Å². The van der Waals surface area contributed by atoms with E-state index >= 15 is 0 Å². The van der Waals surface area contributed by atoms with Crippen molar-refractivity contribution >= 4 is 29.9 Å². The molecule has 3 nitrogen and oxygen atoms in total. The van der Waals surface area contributed by atoms with Crippen molar-refractivity contribution < 1.29 is 4.74 Å². The molecule has 1 aliphatic heterocycles. The molecule has 0 saturated heterocycles. The maximum atomic E-state index is 5.02. The van der Waals surface area contributed by atoms with Gasteiger partial charge >= 0.3 is 0 Å². The second-order valence-electron chi connectivity index (χ2n) is 4.45. The van der Waals surface area contributed by atoms with Gasteiger partial charge in [0.25, 0.3) is 6.02 Å². The first-order chi connectivity index (χ1) is 10.2. The molecule has 0 atom stereocenters. The maximum Gasteiger partial charge on any atom is 0.294 e. The number of hydrogen-bond acceptors (Lipinski definition) is 3. The summed E-state index contributed by atoms with van der Waals surface area (Å²) in [5, 5.41) is 2.78. The van der Waals surface area contributed by atoms with E-state index < -0.39 is 0 Å². The van der Waals surface area contributed by atoms with Crippen LogP contribution in [0.15, 0.2) is 23.1 Å². The van der Waals surface area contributed by atoms with Crippen LogP contribution in [0.3, 0.4) is 0 Å². The van der Waals surface area contributed by atoms with E-state index in [-0.39, 0.29) is 23.9 Å². The van der Waals surface area contributed by atoms with Crippen molar-refractivity contribution in [3.05, 3.63) is 18.1 Å². The zero-order valence-electron chi connectivity index (χ0n) is 16.0. The van der Waals surface area contributed by atoms with E-state index in [9.17, 15) is 0 Å². The van der Waals surface area contributed by atoms with Gasteiger partial charge in [-0.1, -0.05) is 85.8 Å². The molecule has 22 heavy (non-hydrogen) atoms. The third kappa shape index (κ3) is 36.7. The summed E-state index contributed by atoms with van der Waals surface area (Å²) in [7, 11) is 0. The summed E-state index contributed by atoms with van der Waals surface area (Å²) in [6, 6.07) is 0.538. The van der Waals surface area contributed by atoms with Gasteiger partial charge in [0.05, 0.1) is 12.8 Å². The number of unbranched alkanes of at least 4 members (excludes halogenated alkanes) is 3. The Morgan fingerprint density at radius 3 is 1.50 bits per heavy atom. The molecule has 1 heterocycles. The van der Waals surface area contributed by atoms with Crippen molar-refractivity contribution in [1.82, 2.24) is 5.32 Å². The number of amidine groups is 1. The van der Waals surface area contributed by atoms with Gasteiger partial charge in [-0.3, -0.25) is 0 Å². The van der Waals surface area contributed by atoms with Crippen LogP contribution in [0.1, 0.15) is 87.0 Å². The molecule has 0 spiro atoms. The Hall–Kier alpha value is -0.411. The monoisotopic (exact) mass is 418 g/mol. The Labute approximate surface area is 156 Å². The molecule has 1 rings (SSSR count). The van der Waals surface area contributed by atoms with E-state index in [0.717, 1.165) is 0 Å². The Balaban J connectivity index is -0.000000107. The molecule has 4 radical (unpaired) electrons. The third-order valence-electron chi connectivity index (χ3n) is 2.32. The summed E-state index contributed by atoms with van der Waals surface area (Å²) in [6.45, 7) is 15.6. The fraction of sp³-hybridized carbons (Fsp3) is 0.778. The van der Waals surface area contributed by atoms with E-state index in [1.807, 2.05) is 6.92 Å². The van der Waals surface area contributed by atoms with Crippen LogP contribution in [0.5, 0.6) is 0 Å². The first-order valence-corrected chi connectivity index (χ1v) is 8.54. The second-order valence-corrected chi connectivity index (χ2v) is 4.45. The van der Waals surface area contributed by atoms with Gasteiger partial charge < -0.3 is 10.1 Å². The minimum Gasteiger partial charge on any atom is -0.465 e. The van der Waals surface area contributed by atoms with Gasteiger partial charge in [-0.25, -0.2) is 0 Å². The summed E-state index contributed by atoms with van der Waals surface area (Å²) in [4.78, 5) is 3.84. The Morgan fingerprint density at radius 2 is 1.27 bits per heavy atom. The molecular formula is C18H38N2OSn. The normalized spacial score (nSPS) is 10.0. The quantitative estimate of drug-likeness (QED) is 0.474. The van der Waals surface area contributed by atoms with Gasteiger partial charge in [0.1, 0.15) is 0 Å². The number of rotatable bonds is 4. The van der Waals surface area contributed by atoms with E-state index in [0.29, 0.717) is 12.6 Å². The standard InChI is InChI=1S/C6H8N2O.3C4H10.Sn/c1-2-9-6-7-4-3-5-8-6;3*1-3-4-2;/h4-5H,2H2,1H3,(H,7,8);3*3-4H2,1-2H3;. The fourth-order valence-corrected chi connectivity index (χ4v) is 0.489. The predicted molar refractivity (Wildman–Crippen MR) is 102 cm³/mol. The smallest absolute Gasteiger partial charge is 0.294 e. The summed E-state index contributed by atoms with van der Waals surface area (Å²) in [6.07, 6.45) is 11.1. The molecule has 0 aromatic heterocycles. The number of ether oxygens (including phenoxy) is 1. The molecule has 4 heteroatoms. The number of hydrogen-bond donors (Lipinski definition) is 1. The van der Waals surface area contributed by atoms with Crippen molar-refractivity contribution in [3.63, 3.8) is 0 Å². The second kappa shape index (κ2) is 32.5. The Morgan fingerprint density at radius 1 is 0.864 bits per heavy atom. The number of nitrogens with zero attached hydrogens (tertiary/aromatic N) is 1. The van der Waals surface area contributed by atoms with Crippen LogP contribution in [0.4, 0.5) is 0 Å². The predicted octanol–water partition coefficient (Wildman–Crippen LogP) is 5.65. The van der Waals surface area contributed by atoms with Crippen LogP contribution in [0.25, 0.3) is 0 Å². The average Bonchev–Trinajstić information content (AvgIpc) is 2.57. The summed E-state index contributed by atoms with van der Waals surface area (Å²) in [5.41, 5.74) is 2.74. The van der Waals surface area contributed by atoms with Crippen LogP contribution in [-0.2, 0) is 4.74 Å². The molecule has 0 aliphatic carbocycles. The van der Waals surface area contributed by atoms with Gasteiger partial charge in [0, 0.05) is 30.1 Å². The SMILES string of the molecule is CCCC.CCCC.CCCC.CCOC1=NC=C=CN1.[Sn]. The third-order valence-corrected chi connectivity index (χ3v) is 2.32. The minimum atomic E-state index is 0. The fourth-order valence-electron chi connectivity index (χ4n) is 0.489. The molecule has 0 amide bonds. The minimum absolute atomic E-state index is 0. The number of aliphatic imine (C=N–C) groups is 1. The van der Waals surface area contributed by atoms with E-state index in [4.69, 9.17) is 4.74 Å². The van der Waals surface area contributed by atoms with Gasteiger partial charge in [-0.05, 0) is 6.92 Å². The van der Waals surface area contributed by atoms with E-state index in [1.54, 1.807) is 12.4 Å². The topological polar surface area (TPSA) is 33.6 Å². The number of nitrogens with one attached hydrogen (secondary N) is 1. The largest absolute Gasteiger partial charge is 0.465 e. The molecule has 130 valence electrons. The molecule has 0 fully saturated rings. The average molecular weight is 417 g/mol. The van der Waals surface area contributed by atoms with Crippen molar-refractivity contribution in [2.75, 3.05) is 6.61 Å². The Bertz CT molecular complexity index is 244. The van der Waals surface area contributed by atoms with E-state index in [1.165, 1.54) is 38.5 Å².